The van der Waals surface area contributed by atoms with Crippen molar-refractivity contribution in [2.75, 3.05) is 5.32 Å². The Hall–Kier alpha value is -1.32. The van der Waals surface area contributed by atoms with E-state index in [4.69, 9.17) is 0 Å². The number of aryl methyl sites for hydroxylation is 1. The number of carbonyl (C=O) groups excluding carboxylic acids is 1. The third-order valence-electron chi connectivity index (χ3n) is 2.83. The molecule has 1 fully saturated rings. The lowest BCUT2D eigenvalue weighted by molar-refractivity contribution is -0.114. The van der Waals surface area contributed by atoms with Crippen LogP contribution in [0, 0.1) is 6.92 Å². The predicted octanol–water partition coefficient (Wildman–Crippen LogP) is 2.27. The zero-order chi connectivity index (χ0) is 10.8. The fourth-order valence-corrected chi connectivity index (χ4v) is 2.22. The molecular formula is C11H17N3O. The molecule has 1 aromatic heterocycles. The summed E-state index contributed by atoms with van der Waals surface area (Å²) in [6, 6.07) is 2.40. The second-order valence-electron chi connectivity index (χ2n) is 4.23. The van der Waals surface area contributed by atoms with Crippen molar-refractivity contribution in [3.05, 3.63) is 11.8 Å². The molecule has 0 saturated heterocycles. The monoisotopic (exact) mass is 207 g/mol. The molecule has 1 heterocycles. The van der Waals surface area contributed by atoms with Crippen molar-refractivity contribution in [2.45, 2.75) is 45.6 Å². The van der Waals surface area contributed by atoms with E-state index in [2.05, 4.69) is 10.4 Å². The summed E-state index contributed by atoms with van der Waals surface area (Å²) in [6.07, 6.45) is 4.88. The molecule has 4 heteroatoms. The first-order valence-electron chi connectivity index (χ1n) is 5.50. The van der Waals surface area contributed by atoms with Gasteiger partial charge in [0.05, 0.1) is 11.7 Å². The molecule has 1 N–H and O–H groups in total. The highest BCUT2D eigenvalue weighted by atomic mass is 16.1. The quantitative estimate of drug-likeness (QED) is 0.808. The van der Waals surface area contributed by atoms with Crippen molar-refractivity contribution in [2.24, 2.45) is 0 Å². The molecule has 1 saturated carbocycles. The largest absolute Gasteiger partial charge is 0.311 e. The summed E-state index contributed by atoms with van der Waals surface area (Å²) >= 11 is 0. The molecule has 1 aromatic rings. The van der Waals surface area contributed by atoms with E-state index in [1.165, 1.54) is 32.6 Å². The molecule has 1 aliphatic carbocycles. The molecule has 0 aliphatic heterocycles. The molecular weight excluding hydrogens is 190 g/mol. The van der Waals surface area contributed by atoms with Gasteiger partial charge >= 0.3 is 0 Å². The maximum Gasteiger partial charge on any atom is 0.222 e. The average Bonchev–Trinajstić information content (AvgIpc) is 2.72. The summed E-state index contributed by atoms with van der Waals surface area (Å²) in [6.45, 7) is 3.48. The van der Waals surface area contributed by atoms with Crippen LogP contribution in [0.3, 0.4) is 0 Å². The van der Waals surface area contributed by atoms with Gasteiger partial charge in [0, 0.05) is 13.0 Å². The molecule has 1 amide bonds. The van der Waals surface area contributed by atoms with E-state index < -0.39 is 0 Å². The Balaban J connectivity index is 2.24. The second-order valence-corrected chi connectivity index (χ2v) is 4.23. The van der Waals surface area contributed by atoms with Crippen LogP contribution >= 0.6 is 0 Å². The van der Waals surface area contributed by atoms with Gasteiger partial charge in [-0.05, 0) is 19.8 Å². The summed E-state index contributed by atoms with van der Waals surface area (Å²) < 4.78 is 1.98. The molecule has 0 aromatic carbocycles. The van der Waals surface area contributed by atoms with E-state index in [0.29, 0.717) is 6.04 Å². The highest BCUT2D eigenvalue weighted by Gasteiger charge is 2.20. The Morgan fingerprint density at radius 2 is 2.20 bits per heavy atom. The van der Waals surface area contributed by atoms with Crippen LogP contribution in [-0.4, -0.2) is 15.7 Å². The standard InChI is InChI=1S/C11H17N3O/c1-8-7-11(12-9(2)15)14(13-8)10-5-3-4-6-10/h7,10H,3-6H2,1-2H3,(H,12,15). The second kappa shape index (κ2) is 4.04. The number of amides is 1. The number of nitrogens with one attached hydrogen (secondary N) is 1. The maximum absolute atomic E-state index is 11.0. The van der Waals surface area contributed by atoms with Crippen LogP contribution in [0.25, 0.3) is 0 Å². The number of carbonyl (C=O) groups is 1. The van der Waals surface area contributed by atoms with Crippen molar-refractivity contribution >= 4 is 11.7 Å². The van der Waals surface area contributed by atoms with Crippen molar-refractivity contribution < 1.29 is 4.79 Å². The first-order chi connectivity index (χ1) is 7.16. The van der Waals surface area contributed by atoms with E-state index >= 15 is 0 Å². The van der Waals surface area contributed by atoms with Crippen LogP contribution in [0.1, 0.15) is 44.3 Å². The van der Waals surface area contributed by atoms with Gasteiger partial charge in [0.1, 0.15) is 5.82 Å². The lowest BCUT2D eigenvalue weighted by atomic mass is 10.2. The molecule has 2 rings (SSSR count). The third-order valence-corrected chi connectivity index (χ3v) is 2.83. The zero-order valence-corrected chi connectivity index (χ0v) is 9.29. The van der Waals surface area contributed by atoms with Crippen molar-refractivity contribution in [1.29, 1.82) is 0 Å². The topological polar surface area (TPSA) is 46.9 Å². The van der Waals surface area contributed by atoms with Gasteiger partial charge in [0.25, 0.3) is 0 Å². The summed E-state index contributed by atoms with van der Waals surface area (Å²) in [5.41, 5.74) is 0.964. The Kier molecular flexibility index (Phi) is 2.75. The number of anilines is 1. The van der Waals surface area contributed by atoms with Crippen LogP contribution < -0.4 is 5.32 Å². The predicted molar refractivity (Wildman–Crippen MR) is 58.8 cm³/mol. The third kappa shape index (κ3) is 2.19. The Labute approximate surface area is 89.7 Å². The average molecular weight is 207 g/mol. The minimum atomic E-state index is -0.0332. The molecule has 0 radical (unpaired) electrons. The van der Waals surface area contributed by atoms with Crippen molar-refractivity contribution in [3.63, 3.8) is 0 Å². The van der Waals surface area contributed by atoms with E-state index in [-0.39, 0.29) is 5.91 Å². The summed E-state index contributed by atoms with van der Waals surface area (Å²) in [4.78, 5) is 11.0. The summed E-state index contributed by atoms with van der Waals surface area (Å²) in [5, 5.41) is 7.28. The maximum atomic E-state index is 11.0. The lowest BCUT2D eigenvalue weighted by Crippen LogP contribution is -2.14. The van der Waals surface area contributed by atoms with Crippen molar-refractivity contribution in [1.82, 2.24) is 9.78 Å². The lowest BCUT2D eigenvalue weighted by Gasteiger charge is -2.13. The van der Waals surface area contributed by atoms with Crippen LogP contribution in [0.5, 0.6) is 0 Å². The van der Waals surface area contributed by atoms with E-state index in [1.807, 2.05) is 17.7 Å². The number of hydrogen-bond acceptors (Lipinski definition) is 2. The molecule has 0 bridgehead atoms. The van der Waals surface area contributed by atoms with Crippen molar-refractivity contribution in [3.8, 4) is 0 Å². The van der Waals surface area contributed by atoms with E-state index in [0.717, 1.165) is 11.5 Å². The highest BCUT2D eigenvalue weighted by Crippen LogP contribution is 2.31. The Bertz CT molecular complexity index is 364. The summed E-state index contributed by atoms with van der Waals surface area (Å²) in [7, 11) is 0. The van der Waals surface area contributed by atoms with Gasteiger partial charge in [-0.15, -0.1) is 0 Å². The molecule has 0 atom stereocenters. The van der Waals surface area contributed by atoms with Gasteiger partial charge in [-0.1, -0.05) is 12.8 Å². The van der Waals surface area contributed by atoms with Crippen LogP contribution in [0.4, 0.5) is 5.82 Å². The normalized spacial score (nSPS) is 16.9. The number of hydrogen-bond donors (Lipinski definition) is 1. The van der Waals surface area contributed by atoms with Gasteiger partial charge < -0.3 is 5.32 Å². The van der Waals surface area contributed by atoms with E-state index in [9.17, 15) is 4.79 Å². The van der Waals surface area contributed by atoms with Crippen LogP contribution in [0.15, 0.2) is 6.07 Å². The van der Waals surface area contributed by atoms with Gasteiger partial charge in [-0.25, -0.2) is 4.68 Å². The molecule has 82 valence electrons. The Morgan fingerprint density at radius 3 is 2.80 bits per heavy atom. The number of nitrogens with zero attached hydrogens (tertiary/aromatic N) is 2. The minimum absolute atomic E-state index is 0.0332. The molecule has 15 heavy (non-hydrogen) atoms. The first kappa shape index (κ1) is 10.2. The smallest absolute Gasteiger partial charge is 0.222 e. The van der Waals surface area contributed by atoms with Crippen LogP contribution in [0.2, 0.25) is 0 Å². The fourth-order valence-electron chi connectivity index (χ4n) is 2.22. The molecule has 1 aliphatic rings. The molecule has 0 spiro atoms. The van der Waals surface area contributed by atoms with Gasteiger partial charge in [0.15, 0.2) is 0 Å². The molecule has 4 nitrogen and oxygen atoms in total. The zero-order valence-electron chi connectivity index (χ0n) is 9.29. The van der Waals surface area contributed by atoms with Gasteiger partial charge in [-0.3, -0.25) is 4.79 Å². The van der Waals surface area contributed by atoms with Crippen LogP contribution in [-0.2, 0) is 4.79 Å². The minimum Gasteiger partial charge on any atom is -0.311 e. The Morgan fingerprint density at radius 1 is 1.53 bits per heavy atom. The SMILES string of the molecule is CC(=O)Nc1cc(C)nn1C1CCCC1. The fraction of sp³-hybridized carbons (Fsp3) is 0.636. The number of rotatable bonds is 2. The highest BCUT2D eigenvalue weighted by molar-refractivity contribution is 5.87. The first-order valence-corrected chi connectivity index (χ1v) is 5.50. The van der Waals surface area contributed by atoms with Gasteiger partial charge in [0.2, 0.25) is 5.91 Å². The molecule has 0 unspecified atom stereocenters. The number of aromatic nitrogens is 2. The van der Waals surface area contributed by atoms with E-state index in [1.54, 1.807) is 0 Å². The summed E-state index contributed by atoms with van der Waals surface area (Å²) in [5.74, 6) is 0.807. The van der Waals surface area contributed by atoms with Gasteiger partial charge in [-0.2, -0.15) is 5.10 Å².